The lowest BCUT2D eigenvalue weighted by molar-refractivity contribution is -0.136. The summed E-state index contributed by atoms with van der Waals surface area (Å²) in [5.74, 6) is -1.32. The summed E-state index contributed by atoms with van der Waals surface area (Å²) in [5, 5.41) is 5.26. The molecule has 24 heavy (non-hydrogen) atoms. The van der Waals surface area contributed by atoms with Gasteiger partial charge >= 0.3 is 11.8 Å². The summed E-state index contributed by atoms with van der Waals surface area (Å²) in [6, 6.07) is 15.1. The Bertz CT molecular complexity index is 711. The van der Waals surface area contributed by atoms with Crippen molar-refractivity contribution in [1.82, 2.24) is 5.32 Å². The maximum atomic E-state index is 12.0. The SMILES string of the molecule is CCN(C)c1ccccc1CNC(=O)C(=O)Nc1ccc(C)cc1. The molecule has 0 aliphatic carbocycles. The highest BCUT2D eigenvalue weighted by Crippen LogP contribution is 2.18. The van der Waals surface area contributed by atoms with Gasteiger partial charge in [0.2, 0.25) is 0 Å². The van der Waals surface area contributed by atoms with Gasteiger partial charge in [-0.3, -0.25) is 9.59 Å². The molecule has 0 bridgehead atoms. The van der Waals surface area contributed by atoms with Crippen LogP contribution in [0.25, 0.3) is 0 Å². The molecule has 2 rings (SSSR count). The van der Waals surface area contributed by atoms with E-state index in [2.05, 4.69) is 22.5 Å². The third kappa shape index (κ3) is 4.59. The van der Waals surface area contributed by atoms with Crippen LogP contribution in [0.3, 0.4) is 0 Å². The Morgan fingerprint density at radius 1 is 1.00 bits per heavy atom. The molecule has 0 aliphatic heterocycles. The number of aryl methyl sites for hydroxylation is 1. The van der Waals surface area contributed by atoms with Crippen molar-refractivity contribution >= 4 is 23.2 Å². The predicted molar refractivity (Wildman–Crippen MR) is 97.0 cm³/mol. The molecule has 5 heteroatoms. The second kappa shape index (κ2) is 8.15. The Kier molecular flexibility index (Phi) is 5.95. The second-order valence-electron chi connectivity index (χ2n) is 5.65. The minimum absolute atomic E-state index is 0.306. The van der Waals surface area contributed by atoms with Gasteiger partial charge in [0.1, 0.15) is 0 Å². The van der Waals surface area contributed by atoms with Crippen molar-refractivity contribution in [3.05, 3.63) is 59.7 Å². The molecule has 2 aromatic carbocycles. The summed E-state index contributed by atoms with van der Waals surface area (Å²) in [4.78, 5) is 26.1. The molecule has 0 radical (unpaired) electrons. The number of hydrogen-bond donors (Lipinski definition) is 2. The number of rotatable bonds is 5. The molecule has 126 valence electrons. The minimum Gasteiger partial charge on any atom is -0.375 e. The van der Waals surface area contributed by atoms with Gasteiger partial charge in [-0.15, -0.1) is 0 Å². The molecule has 2 amide bonds. The Balaban J connectivity index is 1.95. The molecule has 0 unspecified atom stereocenters. The molecule has 5 nitrogen and oxygen atoms in total. The van der Waals surface area contributed by atoms with E-state index < -0.39 is 11.8 Å². The molecular weight excluding hydrogens is 302 g/mol. The summed E-state index contributed by atoms with van der Waals surface area (Å²) >= 11 is 0. The Morgan fingerprint density at radius 3 is 2.33 bits per heavy atom. The van der Waals surface area contributed by atoms with E-state index in [9.17, 15) is 9.59 Å². The molecule has 0 spiro atoms. The first-order valence-corrected chi connectivity index (χ1v) is 7.96. The average molecular weight is 325 g/mol. The van der Waals surface area contributed by atoms with Crippen LogP contribution < -0.4 is 15.5 Å². The number of nitrogens with zero attached hydrogens (tertiary/aromatic N) is 1. The maximum Gasteiger partial charge on any atom is 0.313 e. The second-order valence-corrected chi connectivity index (χ2v) is 5.65. The zero-order valence-electron chi connectivity index (χ0n) is 14.3. The van der Waals surface area contributed by atoms with Crippen LogP contribution in [0, 0.1) is 6.92 Å². The zero-order chi connectivity index (χ0) is 17.5. The molecule has 0 aromatic heterocycles. The highest BCUT2D eigenvalue weighted by Gasteiger charge is 2.14. The van der Waals surface area contributed by atoms with Gasteiger partial charge in [-0.25, -0.2) is 0 Å². The van der Waals surface area contributed by atoms with Crippen molar-refractivity contribution < 1.29 is 9.59 Å². The van der Waals surface area contributed by atoms with Gasteiger partial charge in [-0.2, -0.15) is 0 Å². The molecule has 2 aromatic rings. The summed E-state index contributed by atoms with van der Waals surface area (Å²) in [7, 11) is 1.99. The van der Waals surface area contributed by atoms with Gasteiger partial charge < -0.3 is 15.5 Å². The fourth-order valence-electron chi connectivity index (χ4n) is 2.28. The summed E-state index contributed by atoms with van der Waals surface area (Å²) in [6.45, 7) is 5.19. The lowest BCUT2D eigenvalue weighted by atomic mass is 10.1. The fraction of sp³-hybridized carbons (Fsp3) is 0.263. The number of anilines is 2. The van der Waals surface area contributed by atoms with Gasteiger partial charge in [0.15, 0.2) is 0 Å². The lowest BCUT2D eigenvalue weighted by Gasteiger charge is -2.20. The first-order chi connectivity index (χ1) is 11.5. The number of hydrogen-bond acceptors (Lipinski definition) is 3. The van der Waals surface area contributed by atoms with E-state index in [4.69, 9.17) is 0 Å². The molecular formula is C19H23N3O2. The average Bonchev–Trinajstić information content (AvgIpc) is 2.61. The van der Waals surface area contributed by atoms with E-state index in [1.807, 2.05) is 50.4 Å². The molecule has 0 fully saturated rings. The van der Waals surface area contributed by atoms with Crippen LogP contribution in [-0.2, 0) is 16.1 Å². The van der Waals surface area contributed by atoms with Crippen LogP contribution in [0.5, 0.6) is 0 Å². The Morgan fingerprint density at radius 2 is 1.67 bits per heavy atom. The van der Waals surface area contributed by atoms with Gasteiger partial charge in [0, 0.05) is 31.5 Å². The lowest BCUT2D eigenvalue weighted by Crippen LogP contribution is -2.35. The Hall–Kier alpha value is -2.82. The smallest absolute Gasteiger partial charge is 0.313 e. The van der Waals surface area contributed by atoms with Gasteiger partial charge in [0.05, 0.1) is 0 Å². The van der Waals surface area contributed by atoms with E-state index >= 15 is 0 Å². The van der Waals surface area contributed by atoms with Gasteiger partial charge in [-0.1, -0.05) is 35.9 Å². The molecule has 0 saturated heterocycles. The number of carbonyl (C=O) groups is 2. The molecule has 0 aliphatic rings. The topological polar surface area (TPSA) is 61.4 Å². The summed E-state index contributed by atoms with van der Waals surface area (Å²) in [6.07, 6.45) is 0. The van der Waals surface area contributed by atoms with Crippen LogP contribution in [0.15, 0.2) is 48.5 Å². The highest BCUT2D eigenvalue weighted by atomic mass is 16.2. The van der Waals surface area contributed by atoms with Crippen molar-refractivity contribution in [2.75, 3.05) is 23.8 Å². The zero-order valence-corrected chi connectivity index (χ0v) is 14.3. The number of carbonyl (C=O) groups excluding carboxylic acids is 2. The van der Waals surface area contributed by atoms with Crippen molar-refractivity contribution in [1.29, 1.82) is 0 Å². The van der Waals surface area contributed by atoms with E-state index in [-0.39, 0.29) is 0 Å². The van der Waals surface area contributed by atoms with Crippen LogP contribution in [0.2, 0.25) is 0 Å². The fourth-order valence-corrected chi connectivity index (χ4v) is 2.28. The van der Waals surface area contributed by atoms with Gasteiger partial charge in [0.25, 0.3) is 0 Å². The standard InChI is InChI=1S/C19H23N3O2/c1-4-22(3)17-8-6-5-7-15(17)13-20-18(23)19(24)21-16-11-9-14(2)10-12-16/h5-12H,4,13H2,1-3H3,(H,20,23)(H,21,24). The number of para-hydroxylation sites is 1. The quantitative estimate of drug-likeness (QED) is 0.831. The van der Waals surface area contributed by atoms with Crippen LogP contribution in [-0.4, -0.2) is 25.4 Å². The van der Waals surface area contributed by atoms with E-state index in [0.717, 1.165) is 23.4 Å². The van der Waals surface area contributed by atoms with Crippen molar-refractivity contribution in [3.8, 4) is 0 Å². The third-order valence-corrected chi connectivity index (χ3v) is 3.83. The number of amides is 2. The van der Waals surface area contributed by atoms with Crippen LogP contribution >= 0.6 is 0 Å². The van der Waals surface area contributed by atoms with Gasteiger partial charge in [-0.05, 0) is 37.6 Å². The predicted octanol–water partition coefficient (Wildman–Crippen LogP) is 2.71. The number of nitrogens with one attached hydrogen (secondary N) is 2. The first kappa shape index (κ1) is 17.5. The first-order valence-electron chi connectivity index (χ1n) is 7.96. The number of benzene rings is 2. The normalized spacial score (nSPS) is 10.1. The maximum absolute atomic E-state index is 12.0. The van der Waals surface area contributed by atoms with Crippen molar-refractivity contribution in [2.45, 2.75) is 20.4 Å². The highest BCUT2D eigenvalue weighted by molar-refractivity contribution is 6.39. The third-order valence-electron chi connectivity index (χ3n) is 3.83. The molecule has 0 heterocycles. The minimum atomic E-state index is -0.666. The molecule has 2 N–H and O–H groups in total. The van der Waals surface area contributed by atoms with Crippen molar-refractivity contribution in [3.63, 3.8) is 0 Å². The largest absolute Gasteiger partial charge is 0.375 e. The molecule has 0 atom stereocenters. The van der Waals surface area contributed by atoms with Crippen LogP contribution in [0.1, 0.15) is 18.1 Å². The van der Waals surface area contributed by atoms with Crippen LogP contribution in [0.4, 0.5) is 11.4 Å². The van der Waals surface area contributed by atoms with E-state index in [0.29, 0.717) is 12.2 Å². The monoisotopic (exact) mass is 325 g/mol. The summed E-state index contributed by atoms with van der Waals surface area (Å²) in [5.41, 5.74) is 3.71. The summed E-state index contributed by atoms with van der Waals surface area (Å²) < 4.78 is 0. The van der Waals surface area contributed by atoms with E-state index in [1.165, 1.54) is 0 Å². The van der Waals surface area contributed by atoms with Crippen molar-refractivity contribution in [2.24, 2.45) is 0 Å². The van der Waals surface area contributed by atoms with E-state index in [1.54, 1.807) is 12.1 Å². The Labute approximate surface area is 142 Å². The molecule has 0 saturated carbocycles.